The molecule has 0 amide bonds. The second-order valence-corrected chi connectivity index (χ2v) is 6.34. The van der Waals surface area contributed by atoms with Crippen LogP contribution in [-0.4, -0.2) is 36.7 Å². The second-order valence-electron chi connectivity index (χ2n) is 6.34. The molecule has 3 atom stereocenters. The van der Waals surface area contributed by atoms with Gasteiger partial charge in [-0.25, -0.2) is 0 Å². The average Bonchev–Trinajstić information content (AvgIpc) is 2.50. The lowest BCUT2D eigenvalue weighted by molar-refractivity contribution is 0.0960. The molecule has 4 nitrogen and oxygen atoms in total. The lowest BCUT2D eigenvalue weighted by Crippen LogP contribution is -2.46. The van der Waals surface area contributed by atoms with Crippen LogP contribution in [0.3, 0.4) is 0 Å². The molecular formula is C17H26N2O2. The van der Waals surface area contributed by atoms with E-state index in [-0.39, 0.29) is 6.04 Å². The monoisotopic (exact) mass is 290 g/mol. The van der Waals surface area contributed by atoms with Gasteiger partial charge < -0.3 is 15.2 Å². The zero-order valence-corrected chi connectivity index (χ0v) is 13.0. The summed E-state index contributed by atoms with van der Waals surface area (Å²) in [6, 6.07) is 7.35. The van der Waals surface area contributed by atoms with Crippen molar-refractivity contribution < 1.29 is 9.47 Å². The largest absolute Gasteiger partial charge is 0.486 e. The van der Waals surface area contributed by atoms with Crippen molar-refractivity contribution >= 4 is 0 Å². The second kappa shape index (κ2) is 6.24. The fourth-order valence-electron chi connectivity index (χ4n) is 3.46. The minimum absolute atomic E-state index is 0.0174. The number of fused-ring (bicyclic) bond motifs is 1. The molecule has 0 spiro atoms. The van der Waals surface area contributed by atoms with Crippen LogP contribution in [0.15, 0.2) is 18.2 Å². The predicted molar refractivity (Wildman–Crippen MR) is 83.8 cm³/mol. The first-order valence-electron chi connectivity index (χ1n) is 8.06. The number of nitrogens with zero attached hydrogens (tertiary/aromatic N) is 1. The predicted octanol–water partition coefficient (Wildman–Crippen LogP) is 2.72. The number of hydrogen-bond donors (Lipinski definition) is 1. The highest BCUT2D eigenvalue weighted by molar-refractivity contribution is 5.44. The Morgan fingerprint density at radius 3 is 2.52 bits per heavy atom. The van der Waals surface area contributed by atoms with Crippen molar-refractivity contribution in [3.05, 3.63) is 23.8 Å². The molecule has 3 unspecified atom stereocenters. The fraction of sp³-hybridized carbons (Fsp3) is 0.647. The first-order valence-corrected chi connectivity index (χ1v) is 8.06. The molecule has 1 fully saturated rings. The molecule has 21 heavy (non-hydrogen) atoms. The van der Waals surface area contributed by atoms with Gasteiger partial charge in [0.15, 0.2) is 11.5 Å². The van der Waals surface area contributed by atoms with E-state index < -0.39 is 0 Å². The maximum atomic E-state index is 6.45. The highest BCUT2D eigenvalue weighted by Crippen LogP contribution is 2.33. The molecular weight excluding hydrogens is 264 g/mol. The Hall–Kier alpha value is -1.26. The third kappa shape index (κ3) is 3.16. The summed E-state index contributed by atoms with van der Waals surface area (Å²) in [5.41, 5.74) is 7.57. The summed E-state index contributed by atoms with van der Waals surface area (Å²) < 4.78 is 11.2. The molecule has 116 valence electrons. The lowest BCUT2D eigenvalue weighted by atomic mass is 9.95. The molecule has 2 aliphatic rings. The molecule has 0 aliphatic carbocycles. The normalized spacial score (nSPS) is 27.4. The van der Waals surface area contributed by atoms with Gasteiger partial charge in [0.05, 0.1) is 0 Å². The zero-order chi connectivity index (χ0) is 14.8. The summed E-state index contributed by atoms with van der Waals surface area (Å²) >= 11 is 0. The average molecular weight is 290 g/mol. The first-order chi connectivity index (χ1) is 10.1. The number of nitrogens with two attached hydrogens (primary N) is 1. The van der Waals surface area contributed by atoms with Gasteiger partial charge in [-0.15, -0.1) is 0 Å². The summed E-state index contributed by atoms with van der Waals surface area (Å²) in [7, 11) is 0. The summed E-state index contributed by atoms with van der Waals surface area (Å²) in [5.74, 6) is 1.66. The minimum Gasteiger partial charge on any atom is -0.486 e. The van der Waals surface area contributed by atoms with Crippen LogP contribution in [0.4, 0.5) is 0 Å². The van der Waals surface area contributed by atoms with Gasteiger partial charge >= 0.3 is 0 Å². The summed E-state index contributed by atoms with van der Waals surface area (Å²) in [4.78, 5) is 2.55. The molecule has 0 aromatic heterocycles. The van der Waals surface area contributed by atoms with Crippen LogP contribution in [0.5, 0.6) is 11.5 Å². The topological polar surface area (TPSA) is 47.7 Å². The third-order valence-corrected chi connectivity index (χ3v) is 4.78. The maximum absolute atomic E-state index is 6.45. The molecule has 2 aliphatic heterocycles. The molecule has 0 bridgehead atoms. The van der Waals surface area contributed by atoms with E-state index in [1.807, 2.05) is 12.1 Å². The summed E-state index contributed by atoms with van der Waals surface area (Å²) in [6.07, 6.45) is 3.88. The van der Waals surface area contributed by atoms with Crippen molar-refractivity contribution in [3.63, 3.8) is 0 Å². The van der Waals surface area contributed by atoms with Crippen molar-refractivity contribution in [1.82, 2.24) is 4.90 Å². The highest BCUT2D eigenvalue weighted by Gasteiger charge is 2.26. The Balaban J connectivity index is 1.71. The summed E-state index contributed by atoms with van der Waals surface area (Å²) in [5, 5.41) is 0. The molecule has 0 saturated carbocycles. The Morgan fingerprint density at radius 2 is 1.81 bits per heavy atom. The zero-order valence-electron chi connectivity index (χ0n) is 13.0. The first kappa shape index (κ1) is 14.7. The van der Waals surface area contributed by atoms with E-state index in [9.17, 15) is 0 Å². The van der Waals surface area contributed by atoms with E-state index in [4.69, 9.17) is 15.2 Å². The number of rotatable bonds is 3. The molecule has 0 radical (unpaired) electrons. The Labute approximate surface area is 127 Å². The van der Waals surface area contributed by atoms with Gasteiger partial charge in [-0.3, -0.25) is 4.90 Å². The standard InChI is InChI=1S/C17H26N2O2/c1-12-4-3-5-13(2)19(12)11-15(18)14-6-7-16-17(10-14)21-9-8-20-16/h6-7,10,12-13,15H,3-5,8-9,11,18H2,1-2H3. The van der Waals surface area contributed by atoms with E-state index in [1.54, 1.807) is 0 Å². The van der Waals surface area contributed by atoms with E-state index >= 15 is 0 Å². The molecule has 1 aromatic carbocycles. The van der Waals surface area contributed by atoms with Gasteiger partial charge in [-0.05, 0) is 44.4 Å². The van der Waals surface area contributed by atoms with Crippen molar-refractivity contribution in [1.29, 1.82) is 0 Å². The van der Waals surface area contributed by atoms with E-state index in [0.29, 0.717) is 25.3 Å². The molecule has 1 aromatic rings. The molecule has 1 saturated heterocycles. The van der Waals surface area contributed by atoms with Crippen LogP contribution in [0, 0.1) is 0 Å². The molecule has 2 N–H and O–H groups in total. The third-order valence-electron chi connectivity index (χ3n) is 4.78. The fourth-order valence-corrected chi connectivity index (χ4v) is 3.46. The van der Waals surface area contributed by atoms with Gasteiger partial charge in [-0.1, -0.05) is 12.5 Å². The van der Waals surface area contributed by atoms with E-state index in [1.165, 1.54) is 19.3 Å². The number of likely N-dealkylation sites (tertiary alicyclic amines) is 1. The number of hydrogen-bond acceptors (Lipinski definition) is 4. The Morgan fingerprint density at radius 1 is 1.14 bits per heavy atom. The van der Waals surface area contributed by atoms with Crippen LogP contribution in [-0.2, 0) is 0 Å². The minimum atomic E-state index is 0.0174. The van der Waals surface area contributed by atoms with Crippen LogP contribution < -0.4 is 15.2 Å². The van der Waals surface area contributed by atoms with Crippen LogP contribution in [0.2, 0.25) is 0 Å². The highest BCUT2D eigenvalue weighted by atomic mass is 16.6. The molecule has 2 heterocycles. The number of benzene rings is 1. The molecule has 4 heteroatoms. The van der Waals surface area contributed by atoms with Crippen molar-refractivity contribution in [2.75, 3.05) is 19.8 Å². The smallest absolute Gasteiger partial charge is 0.161 e. The maximum Gasteiger partial charge on any atom is 0.161 e. The molecule has 3 rings (SSSR count). The SMILES string of the molecule is CC1CCCC(C)N1CC(N)c1ccc2c(c1)OCCO2. The Bertz CT molecular complexity index is 482. The van der Waals surface area contributed by atoms with Crippen molar-refractivity contribution in [3.8, 4) is 11.5 Å². The van der Waals surface area contributed by atoms with Gasteiger partial charge in [0.1, 0.15) is 13.2 Å². The van der Waals surface area contributed by atoms with Crippen molar-refractivity contribution in [2.24, 2.45) is 5.73 Å². The number of piperidine rings is 1. The van der Waals surface area contributed by atoms with Gasteiger partial charge in [0.25, 0.3) is 0 Å². The van der Waals surface area contributed by atoms with Gasteiger partial charge in [-0.2, -0.15) is 0 Å². The lowest BCUT2D eigenvalue weighted by Gasteiger charge is -2.40. The van der Waals surface area contributed by atoms with Crippen LogP contribution >= 0.6 is 0 Å². The van der Waals surface area contributed by atoms with E-state index in [2.05, 4.69) is 24.8 Å². The number of ether oxygens (including phenoxy) is 2. The Kier molecular flexibility index (Phi) is 4.36. The van der Waals surface area contributed by atoms with Crippen LogP contribution in [0.1, 0.15) is 44.7 Å². The van der Waals surface area contributed by atoms with Gasteiger partial charge in [0, 0.05) is 24.7 Å². The van der Waals surface area contributed by atoms with Crippen LogP contribution in [0.25, 0.3) is 0 Å². The quantitative estimate of drug-likeness (QED) is 0.930. The van der Waals surface area contributed by atoms with Gasteiger partial charge in [0.2, 0.25) is 0 Å². The summed E-state index contributed by atoms with van der Waals surface area (Å²) in [6.45, 7) is 6.77. The van der Waals surface area contributed by atoms with E-state index in [0.717, 1.165) is 23.6 Å². The van der Waals surface area contributed by atoms with Crippen molar-refractivity contribution in [2.45, 2.75) is 51.2 Å².